The second kappa shape index (κ2) is 10.5. The third-order valence-corrected chi connectivity index (χ3v) is 7.68. The Balaban J connectivity index is 1.22. The maximum Gasteiger partial charge on any atom is 0.260 e. The van der Waals surface area contributed by atoms with E-state index >= 15 is 0 Å². The Hall–Kier alpha value is -2.42. The fourth-order valence-corrected chi connectivity index (χ4v) is 5.58. The number of sulfonamides is 1. The van der Waals surface area contributed by atoms with Gasteiger partial charge in [-0.25, -0.2) is 13.1 Å². The van der Waals surface area contributed by atoms with Gasteiger partial charge in [0, 0.05) is 38.8 Å². The molecule has 1 N–H and O–H groups in total. The zero-order chi connectivity index (χ0) is 22.4. The maximum atomic E-state index is 12.5. The van der Waals surface area contributed by atoms with Crippen LogP contribution in [0.1, 0.15) is 31.2 Å². The van der Waals surface area contributed by atoms with Crippen molar-refractivity contribution in [3.8, 4) is 5.75 Å². The molecule has 0 atom stereocenters. The molecule has 1 saturated heterocycles. The van der Waals surface area contributed by atoms with Gasteiger partial charge in [0.05, 0.1) is 4.90 Å². The molecule has 32 heavy (non-hydrogen) atoms. The molecule has 172 valence electrons. The van der Waals surface area contributed by atoms with E-state index in [1.54, 1.807) is 12.1 Å². The van der Waals surface area contributed by atoms with Crippen molar-refractivity contribution in [2.45, 2.75) is 43.2 Å². The van der Waals surface area contributed by atoms with Gasteiger partial charge in [-0.15, -0.1) is 0 Å². The Morgan fingerprint density at radius 2 is 1.59 bits per heavy atom. The maximum absolute atomic E-state index is 12.5. The highest BCUT2D eigenvalue weighted by atomic mass is 32.2. The van der Waals surface area contributed by atoms with Crippen molar-refractivity contribution in [3.63, 3.8) is 0 Å². The summed E-state index contributed by atoms with van der Waals surface area (Å²) in [5, 5.41) is 0. The van der Waals surface area contributed by atoms with Crippen molar-refractivity contribution >= 4 is 15.9 Å². The number of carbonyl (C=O) groups is 1. The molecule has 0 spiro atoms. The number of nitrogens with zero attached hydrogens (tertiary/aromatic N) is 2. The van der Waals surface area contributed by atoms with E-state index in [1.807, 2.05) is 23.1 Å². The third kappa shape index (κ3) is 6.09. The summed E-state index contributed by atoms with van der Waals surface area (Å²) in [6, 6.07) is 16.6. The van der Waals surface area contributed by atoms with Crippen LogP contribution in [0, 0.1) is 0 Å². The van der Waals surface area contributed by atoms with Gasteiger partial charge in [-0.2, -0.15) is 0 Å². The second-order valence-electron chi connectivity index (χ2n) is 8.51. The molecule has 0 radical (unpaired) electrons. The Morgan fingerprint density at radius 1 is 0.938 bits per heavy atom. The van der Waals surface area contributed by atoms with E-state index in [2.05, 4.69) is 21.8 Å². The fraction of sp³-hybridized carbons (Fsp3) is 0.458. The van der Waals surface area contributed by atoms with Crippen molar-refractivity contribution in [1.29, 1.82) is 0 Å². The van der Waals surface area contributed by atoms with Crippen molar-refractivity contribution in [1.82, 2.24) is 14.5 Å². The van der Waals surface area contributed by atoms with Crippen molar-refractivity contribution in [2.24, 2.45) is 0 Å². The predicted octanol–water partition coefficient (Wildman–Crippen LogP) is 2.63. The Kier molecular flexibility index (Phi) is 7.44. The molecular formula is C24H31N3O4S. The number of amides is 1. The molecule has 2 aliphatic rings. The van der Waals surface area contributed by atoms with Crippen molar-refractivity contribution < 1.29 is 17.9 Å². The Bertz CT molecular complexity index is 982. The Labute approximate surface area is 190 Å². The first-order chi connectivity index (χ1) is 15.5. The number of carbonyl (C=O) groups excluding carboxylic acids is 1. The molecule has 4 rings (SSSR count). The highest BCUT2D eigenvalue weighted by Gasteiger charge is 2.23. The lowest BCUT2D eigenvalue weighted by Gasteiger charge is -2.34. The smallest absolute Gasteiger partial charge is 0.260 e. The number of nitrogens with one attached hydrogen (secondary N) is 1. The average Bonchev–Trinajstić information content (AvgIpc) is 3.31. The van der Waals surface area contributed by atoms with Gasteiger partial charge in [-0.1, -0.05) is 43.2 Å². The van der Waals surface area contributed by atoms with Gasteiger partial charge in [-0.3, -0.25) is 9.69 Å². The zero-order valence-corrected chi connectivity index (χ0v) is 19.1. The average molecular weight is 458 g/mol. The molecule has 2 fully saturated rings. The summed E-state index contributed by atoms with van der Waals surface area (Å²) >= 11 is 0. The van der Waals surface area contributed by atoms with Crippen LogP contribution >= 0.6 is 0 Å². The topological polar surface area (TPSA) is 78.9 Å². The van der Waals surface area contributed by atoms with Gasteiger partial charge < -0.3 is 9.64 Å². The monoisotopic (exact) mass is 457 g/mol. The first kappa shape index (κ1) is 22.8. The molecule has 1 heterocycles. The fourth-order valence-electron chi connectivity index (χ4n) is 4.28. The molecule has 1 aliphatic carbocycles. The van der Waals surface area contributed by atoms with Gasteiger partial charge in [0.25, 0.3) is 5.91 Å². The highest BCUT2D eigenvalue weighted by molar-refractivity contribution is 7.89. The predicted molar refractivity (Wildman–Crippen MR) is 123 cm³/mol. The molecule has 7 nitrogen and oxygen atoms in total. The number of rotatable bonds is 8. The molecular weight excluding hydrogens is 426 g/mol. The molecule has 0 unspecified atom stereocenters. The van der Waals surface area contributed by atoms with Gasteiger partial charge in [0.15, 0.2) is 6.61 Å². The molecule has 8 heteroatoms. The van der Waals surface area contributed by atoms with E-state index < -0.39 is 10.0 Å². The van der Waals surface area contributed by atoms with E-state index in [4.69, 9.17) is 4.74 Å². The quantitative estimate of drug-likeness (QED) is 0.659. The number of piperazine rings is 1. The third-order valence-electron chi connectivity index (χ3n) is 6.15. The summed E-state index contributed by atoms with van der Waals surface area (Å²) in [7, 11) is -3.52. The number of hydrogen-bond acceptors (Lipinski definition) is 5. The Morgan fingerprint density at radius 3 is 2.25 bits per heavy atom. The first-order valence-electron chi connectivity index (χ1n) is 11.3. The largest absolute Gasteiger partial charge is 0.484 e. The molecule has 1 amide bonds. The minimum atomic E-state index is -3.52. The van der Waals surface area contributed by atoms with Crippen LogP contribution in [0.25, 0.3) is 0 Å². The standard InChI is InChI=1S/C24H31N3O4S/c28-24(27-16-14-26(15-17-27)18-20-6-2-1-3-7-20)19-31-22-10-12-23(13-11-22)32(29,30)25-21-8-4-5-9-21/h1-3,6-7,10-13,21,25H,4-5,8-9,14-19H2. The number of hydrogen-bond donors (Lipinski definition) is 1. The summed E-state index contributed by atoms with van der Waals surface area (Å²) in [5.41, 5.74) is 1.28. The highest BCUT2D eigenvalue weighted by Crippen LogP contribution is 2.21. The van der Waals surface area contributed by atoms with Crippen LogP contribution in [0.4, 0.5) is 0 Å². The van der Waals surface area contributed by atoms with Crippen LogP contribution in [0.5, 0.6) is 5.75 Å². The van der Waals surface area contributed by atoms with E-state index in [9.17, 15) is 13.2 Å². The molecule has 2 aromatic carbocycles. The van der Waals surface area contributed by atoms with Gasteiger partial charge in [0.2, 0.25) is 10.0 Å². The summed E-state index contributed by atoms with van der Waals surface area (Å²) < 4.78 is 33.4. The normalized spacial score (nSPS) is 18.1. The number of benzene rings is 2. The van der Waals surface area contributed by atoms with E-state index in [1.165, 1.54) is 17.7 Å². The van der Waals surface area contributed by atoms with Crippen LogP contribution < -0.4 is 9.46 Å². The molecule has 2 aromatic rings. The van der Waals surface area contributed by atoms with Crippen molar-refractivity contribution in [3.05, 3.63) is 60.2 Å². The zero-order valence-electron chi connectivity index (χ0n) is 18.3. The number of ether oxygens (including phenoxy) is 1. The second-order valence-corrected chi connectivity index (χ2v) is 10.2. The van der Waals surface area contributed by atoms with Crippen LogP contribution in [0.3, 0.4) is 0 Å². The SMILES string of the molecule is O=C(COc1ccc(S(=O)(=O)NC2CCCC2)cc1)N1CCN(Cc2ccccc2)CC1. The lowest BCUT2D eigenvalue weighted by molar-refractivity contribution is -0.135. The summed E-state index contributed by atoms with van der Waals surface area (Å²) in [6.07, 6.45) is 3.91. The summed E-state index contributed by atoms with van der Waals surface area (Å²) in [4.78, 5) is 16.9. The van der Waals surface area contributed by atoms with Crippen LogP contribution in [0.2, 0.25) is 0 Å². The summed E-state index contributed by atoms with van der Waals surface area (Å²) in [6.45, 7) is 3.87. The summed E-state index contributed by atoms with van der Waals surface area (Å²) in [5.74, 6) is 0.435. The van der Waals surface area contributed by atoms with Crippen LogP contribution in [-0.4, -0.2) is 63.0 Å². The molecule has 1 saturated carbocycles. The van der Waals surface area contributed by atoms with E-state index in [-0.39, 0.29) is 23.5 Å². The first-order valence-corrected chi connectivity index (χ1v) is 12.8. The molecule has 0 aromatic heterocycles. The van der Waals surface area contributed by atoms with Crippen molar-refractivity contribution in [2.75, 3.05) is 32.8 Å². The van der Waals surface area contributed by atoms with Crippen LogP contribution in [0.15, 0.2) is 59.5 Å². The van der Waals surface area contributed by atoms with E-state index in [0.717, 1.165) is 45.3 Å². The minimum Gasteiger partial charge on any atom is -0.484 e. The molecule has 0 bridgehead atoms. The molecule has 1 aliphatic heterocycles. The van der Waals surface area contributed by atoms with Gasteiger partial charge >= 0.3 is 0 Å². The lowest BCUT2D eigenvalue weighted by Crippen LogP contribution is -2.49. The van der Waals surface area contributed by atoms with Gasteiger partial charge in [0.1, 0.15) is 5.75 Å². The minimum absolute atomic E-state index is 0.0294. The van der Waals surface area contributed by atoms with Crippen LogP contribution in [-0.2, 0) is 21.4 Å². The lowest BCUT2D eigenvalue weighted by atomic mass is 10.2. The van der Waals surface area contributed by atoms with Gasteiger partial charge in [-0.05, 0) is 42.7 Å². The van der Waals surface area contributed by atoms with E-state index in [0.29, 0.717) is 18.8 Å².